The highest BCUT2D eigenvalue weighted by Crippen LogP contribution is 2.19. The van der Waals surface area contributed by atoms with Crippen molar-refractivity contribution in [2.45, 2.75) is 45.8 Å². The topological polar surface area (TPSA) is 61.8 Å². The van der Waals surface area contributed by atoms with Crippen molar-refractivity contribution in [3.05, 3.63) is 45.2 Å². The number of pyridine rings is 1. The monoisotopic (exact) mass is 431 g/mol. The first-order valence-corrected chi connectivity index (χ1v) is 11.3. The average Bonchev–Trinajstić information content (AvgIpc) is 3.19. The van der Waals surface area contributed by atoms with Crippen molar-refractivity contribution in [3.8, 4) is 0 Å². The summed E-state index contributed by atoms with van der Waals surface area (Å²) in [6.07, 6.45) is 3.42. The normalized spacial score (nSPS) is 16.4. The van der Waals surface area contributed by atoms with Crippen molar-refractivity contribution >= 4 is 28.2 Å². The number of hydrogen-bond acceptors (Lipinski definition) is 3. The third-order valence-electron chi connectivity index (χ3n) is 5.65. The van der Waals surface area contributed by atoms with Gasteiger partial charge in [-0.15, -0.1) is 0 Å². The third-order valence-corrected chi connectivity index (χ3v) is 6.05. The first-order chi connectivity index (χ1) is 14.3. The predicted octanol–water partition coefficient (Wildman–Crippen LogP) is 1.54. The van der Waals surface area contributed by atoms with Crippen molar-refractivity contribution in [1.82, 2.24) is 15.2 Å². The van der Waals surface area contributed by atoms with Crippen LogP contribution in [-0.2, 0) is 11.3 Å². The van der Waals surface area contributed by atoms with E-state index in [2.05, 4.69) is 42.3 Å². The summed E-state index contributed by atoms with van der Waals surface area (Å²) in [5.41, 5.74) is 3.91. The molecule has 2 aromatic rings. The molecular formula is C23H35N4O2S+. The minimum Gasteiger partial charge on any atom is -0.376 e. The first-order valence-electron chi connectivity index (χ1n) is 10.9. The zero-order valence-corrected chi connectivity index (χ0v) is 19.5. The molecule has 30 heavy (non-hydrogen) atoms. The van der Waals surface area contributed by atoms with Gasteiger partial charge < -0.3 is 24.8 Å². The summed E-state index contributed by atoms with van der Waals surface area (Å²) < 4.78 is 5.71. The van der Waals surface area contributed by atoms with Crippen molar-refractivity contribution < 1.29 is 9.64 Å². The number of fused-ring (bicyclic) bond motifs is 1. The van der Waals surface area contributed by atoms with E-state index in [4.69, 9.17) is 17.0 Å². The lowest BCUT2D eigenvalue weighted by molar-refractivity contribution is -0.858. The Morgan fingerprint density at radius 2 is 2.13 bits per heavy atom. The largest absolute Gasteiger partial charge is 0.376 e. The van der Waals surface area contributed by atoms with E-state index in [0.29, 0.717) is 11.7 Å². The maximum absolute atomic E-state index is 12.8. The molecule has 1 aliphatic rings. The summed E-state index contributed by atoms with van der Waals surface area (Å²) in [4.78, 5) is 19.4. The summed E-state index contributed by atoms with van der Waals surface area (Å²) in [7, 11) is 4.30. The van der Waals surface area contributed by atoms with Gasteiger partial charge in [0.05, 0.1) is 33.3 Å². The zero-order valence-electron chi connectivity index (χ0n) is 18.6. The van der Waals surface area contributed by atoms with Crippen LogP contribution in [0, 0.1) is 13.8 Å². The fourth-order valence-corrected chi connectivity index (χ4v) is 4.27. The maximum atomic E-state index is 12.8. The number of aryl methyl sites for hydroxylation is 2. The molecular weight excluding hydrogens is 396 g/mol. The lowest BCUT2D eigenvalue weighted by atomic mass is 10.0. The van der Waals surface area contributed by atoms with Crippen LogP contribution in [0.15, 0.2) is 23.0 Å². The lowest BCUT2D eigenvalue weighted by Crippen LogP contribution is -3.05. The van der Waals surface area contributed by atoms with E-state index in [9.17, 15) is 4.79 Å². The van der Waals surface area contributed by atoms with Gasteiger partial charge in [0.2, 0.25) is 0 Å². The van der Waals surface area contributed by atoms with Gasteiger partial charge in [-0.1, -0.05) is 6.07 Å². The number of aromatic nitrogens is 1. The summed E-state index contributed by atoms with van der Waals surface area (Å²) in [6.45, 7) is 8.05. The SMILES string of the molecule is Cc1cc(C)c2cc(CN(CCC[NH+](C)C)C(=S)NC[C@@H]3CCCO3)c(=O)[nH]c2c1. The van der Waals surface area contributed by atoms with Crippen molar-refractivity contribution in [2.75, 3.05) is 40.3 Å². The second-order valence-corrected chi connectivity index (χ2v) is 9.11. The molecule has 0 spiro atoms. The highest BCUT2D eigenvalue weighted by atomic mass is 32.1. The summed E-state index contributed by atoms with van der Waals surface area (Å²) in [6, 6.07) is 6.20. The van der Waals surface area contributed by atoms with Gasteiger partial charge in [0.25, 0.3) is 5.56 Å². The maximum Gasteiger partial charge on any atom is 0.253 e. The molecule has 1 aromatic heterocycles. The smallest absolute Gasteiger partial charge is 0.253 e. The highest BCUT2D eigenvalue weighted by Gasteiger charge is 2.18. The van der Waals surface area contributed by atoms with Crippen LogP contribution in [0.1, 0.15) is 36.0 Å². The fraction of sp³-hybridized carbons (Fsp3) is 0.565. The molecule has 0 radical (unpaired) electrons. The predicted molar refractivity (Wildman–Crippen MR) is 126 cm³/mol. The van der Waals surface area contributed by atoms with Crippen molar-refractivity contribution in [1.29, 1.82) is 0 Å². The molecule has 6 nitrogen and oxygen atoms in total. The van der Waals surface area contributed by atoms with Crippen LogP contribution in [0.2, 0.25) is 0 Å². The van der Waals surface area contributed by atoms with Gasteiger partial charge in [-0.3, -0.25) is 4.79 Å². The number of nitrogens with zero attached hydrogens (tertiary/aromatic N) is 1. The first kappa shape index (κ1) is 22.7. The molecule has 1 aromatic carbocycles. The number of H-pyrrole nitrogens is 1. The number of benzene rings is 1. The van der Waals surface area contributed by atoms with E-state index >= 15 is 0 Å². The Bertz CT molecular complexity index is 935. The van der Waals surface area contributed by atoms with Gasteiger partial charge in [-0.25, -0.2) is 0 Å². The van der Waals surface area contributed by atoms with Crippen molar-refractivity contribution in [2.24, 2.45) is 0 Å². The second-order valence-electron chi connectivity index (χ2n) is 8.72. The molecule has 1 saturated heterocycles. The Hall–Kier alpha value is -1.96. The van der Waals surface area contributed by atoms with Crippen LogP contribution in [0.3, 0.4) is 0 Å². The molecule has 0 aliphatic carbocycles. The number of aromatic amines is 1. The van der Waals surface area contributed by atoms with Gasteiger partial charge in [0, 0.05) is 42.6 Å². The summed E-state index contributed by atoms with van der Waals surface area (Å²) in [5.74, 6) is 0. The molecule has 7 heteroatoms. The lowest BCUT2D eigenvalue weighted by Gasteiger charge is -2.27. The van der Waals surface area contributed by atoms with Crippen molar-refractivity contribution in [3.63, 3.8) is 0 Å². The van der Waals surface area contributed by atoms with Crippen LogP contribution in [0.25, 0.3) is 10.9 Å². The average molecular weight is 432 g/mol. The second kappa shape index (κ2) is 10.4. The van der Waals surface area contributed by atoms with Gasteiger partial charge >= 0.3 is 0 Å². The van der Waals surface area contributed by atoms with Gasteiger partial charge in [0.15, 0.2) is 5.11 Å². The Labute approximate surface area is 184 Å². The van der Waals surface area contributed by atoms with Crippen LogP contribution in [0.4, 0.5) is 0 Å². The van der Waals surface area contributed by atoms with Gasteiger partial charge in [0.1, 0.15) is 0 Å². The minimum absolute atomic E-state index is 0.0438. The minimum atomic E-state index is -0.0438. The molecule has 2 heterocycles. The Kier molecular flexibility index (Phi) is 7.86. The number of rotatable bonds is 8. The molecule has 1 atom stereocenters. The molecule has 0 amide bonds. The highest BCUT2D eigenvalue weighted by molar-refractivity contribution is 7.80. The zero-order chi connectivity index (χ0) is 21.7. The van der Waals surface area contributed by atoms with E-state index in [0.717, 1.165) is 67.5 Å². The Balaban J connectivity index is 1.77. The van der Waals surface area contributed by atoms with E-state index in [1.165, 1.54) is 10.5 Å². The number of nitrogens with one attached hydrogen (secondary N) is 3. The van der Waals surface area contributed by atoms with Crippen LogP contribution in [0.5, 0.6) is 0 Å². The molecule has 164 valence electrons. The quantitative estimate of drug-likeness (QED) is 0.554. The molecule has 1 fully saturated rings. The van der Waals surface area contributed by atoms with E-state index < -0.39 is 0 Å². The number of hydrogen-bond donors (Lipinski definition) is 3. The van der Waals surface area contributed by atoms with Crippen LogP contribution < -0.4 is 15.8 Å². The van der Waals surface area contributed by atoms with Gasteiger partial charge in [-0.2, -0.15) is 0 Å². The number of ether oxygens (including phenoxy) is 1. The molecule has 0 bridgehead atoms. The van der Waals surface area contributed by atoms with E-state index in [-0.39, 0.29) is 11.7 Å². The molecule has 3 N–H and O–H groups in total. The number of quaternary nitrogens is 1. The molecule has 1 aliphatic heterocycles. The van der Waals surface area contributed by atoms with Crippen LogP contribution >= 0.6 is 12.2 Å². The van der Waals surface area contributed by atoms with Crippen LogP contribution in [-0.4, -0.2) is 61.4 Å². The standard InChI is InChI=1S/C23H34N4O2S/c1-16-11-17(2)20-13-18(22(28)25-21(20)12-16)15-27(9-6-8-26(3)4)23(30)24-14-19-7-5-10-29-19/h11-13,19H,5-10,14-15H2,1-4H3,(H,24,30)(H,25,28)/p+1/t19-/m0/s1. The molecule has 0 saturated carbocycles. The Morgan fingerprint density at radius 1 is 1.33 bits per heavy atom. The third kappa shape index (κ3) is 6.03. The summed E-state index contributed by atoms with van der Waals surface area (Å²) in [5, 5.41) is 5.15. The Morgan fingerprint density at radius 3 is 2.83 bits per heavy atom. The molecule has 0 unspecified atom stereocenters. The van der Waals surface area contributed by atoms with Gasteiger partial charge in [-0.05, 0) is 62.2 Å². The summed E-state index contributed by atoms with van der Waals surface area (Å²) >= 11 is 5.71. The molecule has 3 rings (SSSR count). The van der Waals surface area contributed by atoms with E-state index in [1.807, 2.05) is 19.1 Å². The fourth-order valence-electron chi connectivity index (χ4n) is 4.03. The number of thiocarbonyl (C=S) groups is 1. The van der Waals surface area contributed by atoms with E-state index in [1.54, 1.807) is 0 Å².